The van der Waals surface area contributed by atoms with E-state index in [1.54, 1.807) is 7.11 Å². The van der Waals surface area contributed by atoms with Crippen LogP contribution >= 0.6 is 0 Å². The lowest BCUT2D eigenvalue weighted by Crippen LogP contribution is -2.55. The molecule has 3 nitrogen and oxygen atoms in total. The van der Waals surface area contributed by atoms with Crippen molar-refractivity contribution in [3.63, 3.8) is 0 Å². The molecule has 0 spiro atoms. The first-order valence-electron chi connectivity index (χ1n) is 5.51. The maximum absolute atomic E-state index is 5.27. The van der Waals surface area contributed by atoms with Gasteiger partial charge in [0.25, 0.3) is 0 Å². The Hall–Kier alpha value is -0.120. The van der Waals surface area contributed by atoms with E-state index in [-0.39, 0.29) is 5.54 Å². The number of nitrogens with zero attached hydrogens (tertiary/aromatic N) is 1. The Bertz CT molecular complexity index is 171. The smallest absolute Gasteiger partial charge is 0.0641 e. The van der Waals surface area contributed by atoms with Crippen LogP contribution in [0.15, 0.2) is 0 Å². The molecule has 0 aromatic heterocycles. The van der Waals surface area contributed by atoms with Crippen molar-refractivity contribution in [3.05, 3.63) is 0 Å². The molecule has 0 radical (unpaired) electrons. The number of likely N-dealkylation sites (tertiary alicyclic amines) is 1. The first-order valence-corrected chi connectivity index (χ1v) is 5.51. The number of rotatable bonds is 4. The van der Waals surface area contributed by atoms with Gasteiger partial charge in [-0.3, -0.25) is 4.90 Å². The van der Waals surface area contributed by atoms with Crippen LogP contribution in [0.5, 0.6) is 0 Å². The van der Waals surface area contributed by atoms with E-state index >= 15 is 0 Å². The Morgan fingerprint density at radius 2 is 2.21 bits per heavy atom. The summed E-state index contributed by atoms with van der Waals surface area (Å²) in [5.41, 5.74) is 0.171. The number of likely N-dealkylation sites (N-methyl/N-ethyl adjacent to an activating group) is 1. The minimum atomic E-state index is 0.171. The predicted octanol–water partition coefficient (Wildman–Crippen LogP) is 1.10. The molecular formula is C11H24N2O. The van der Waals surface area contributed by atoms with Crippen LogP contribution in [0.4, 0.5) is 0 Å². The molecule has 1 N–H and O–H groups in total. The van der Waals surface area contributed by atoms with E-state index in [2.05, 4.69) is 31.1 Å². The van der Waals surface area contributed by atoms with Crippen LogP contribution in [-0.4, -0.2) is 50.3 Å². The van der Waals surface area contributed by atoms with E-state index < -0.39 is 0 Å². The number of hydrogen-bond donors (Lipinski definition) is 1. The second-order valence-electron chi connectivity index (χ2n) is 4.82. The number of ether oxygens (including phenoxy) is 1. The summed E-state index contributed by atoms with van der Waals surface area (Å²) in [6.07, 6.45) is 2.59. The Morgan fingerprint density at radius 1 is 1.50 bits per heavy atom. The van der Waals surface area contributed by atoms with Gasteiger partial charge in [-0.15, -0.1) is 0 Å². The summed E-state index contributed by atoms with van der Waals surface area (Å²) < 4.78 is 5.27. The SMILES string of the molecule is CNC1CCCN(C(C)(C)COC)C1. The zero-order valence-corrected chi connectivity index (χ0v) is 9.97. The van der Waals surface area contributed by atoms with E-state index in [4.69, 9.17) is 4.74 Å². The lowest BCUT2D eigenvalue weighted by atomic mass is 9.97. The third kappa shape index (κ3) is 2.94. The van der Waals surface area contributed by atoms with Crippen LogP contribution in [-0.2, 0) is 4.74 Å². The quantitative estimate of drug-likeness (QED) is 0.735. The largest absolute Gasteiger partial charge is 0.383 e. The Morgan fingerprint density at radius 3 is 2.79 bits per heavy atom. The molecular weight excluding hydrogens is 176 g/mol. The van der Waals surface area contributed by atoms with Crippen LogP contribution in [0.25, 0.3) is 0 Å². The fraction of sp³-hybridized carbons (Fsp3) is 1.00. The zero-order chi connectivity index (χ0) is 10.6. The molecule has 1 rings (SSSR count). The van der Waals surface area contributed by atoms with Gasteiger partial charge in [-0.2, -0.15) is 0 Å². The maximum Gasteiger partial charge on any atom is 0.0641 e. The highest BCUT2D eigenvalue weighted by molar-refractivity contribution is 4.87. The van der Waals surface area contributed by atoms with E-state index in [1.807, 2.05) is 0 Å². The second-order valence-corrected chi connectivity index (χ2v) is 4.82. The van der Waals surface area contributed by atoms with Crippen LogP contribution in [0.1, 0.15) is 26.7 Å². The molecule has 1 saturated heterocycles. The third-order valence-corrected chi connectivity index (χ3v) is 3.18. The molecule has 14 heavy (non-hydrogen) atoms. The summed E-state index contributed by atoms with van der Waals surface area (Å²) in [7, 11) is 3.83. The van der Waals surface area contributed by atoms with Gasteiger partial charge in [0, 0.05) is 25.2 Å². The van der Waals surface area contributed by atoms with Crippen molar-refractivity contribution in [1.82, 2.24) is 10.2 Å². The van der Waals surface area contributed by atoms with Crippen molar-refractivity contribution in [2.75, 3.05) is 33.9 Å². The molecule has 0 amide bonds. The van der Waals surface area contributed by atoms with Gasteiger partial charge in [0.05, 0.1) is 6.61 Å². The van der Waals surface area contributed by atoms with Gasteiger partial charge in [-0.25, -0.2) is 0 Å². The van der Waals surface area contributed by atoms with Crippen LogP contribution < -0.4 is 5.32 Å². The molecule has 1 aliphatic heterocycles. The van der Waals surface area contributed by atoms with Crippen molar-refractivity contribution in [2.24, 2.45) is 0 Å². The number of nitrogens with one attached hydrogen (secondary N) is 1. The fourth-order valence-electron chi connectivity index (χ4n) is 2.21. The summed E-state index contributed by atoms with van der Waals surface area (Å²) in [4.78, 5) is 2.53. The lowest BCUT2D eigenvalue weighted by molar-refractivity contribution is 0.0145. The molecule has 1 unspecified atom stereocenters. The summed E-state index contributed by atoms with van der Waals surface area (Å²) >= 11 is 0. The third-order valence-electron chi connectivity index (χ3n) is 3.18. The fourth-order valence-corrected chi connectivity index (χ4v) is 2.21. The van der Waals surface area contributed by atoms with Crippen LogP contribution in [0.2, 0.25) is 0 Å². The van der Waals surface area contributed by atoms with Gasteiger partial charge >= 0.3 is 0 Å². The molecule has 3 heteroatoms. The molecule has 84 valence electrons. The highest BCUT2D eigenvalue weighted by atomic mass is 16.5. The first kappa shape index (κ1) is 12.0. The zero-order valence-electron chi connectivity index (χ0n) is 9.97. The minimum Gasteiger partial charge on any atom is -0.383 e. The van der Waals surface area contributed by atoms with Crippen molar-refractivity contribution >= 4 is 0 Å². The van der Waals surface area contributed by atoms with Gasteiger partial charge in [-0.1, -0.05) is 0 Å². The molecule has 0 aliphatic carbocycles. The topological polar surface area (TPSA) is 24.5 Å². The summed E-state index contributed by atoms with van der Waals surface area (Å²) in [5, 5.41) is 3.37. The summed E-state index contributed by atoms with van der Waals surface area (Å²) in [6, 6.07) is 0.653. The molecule has 0 aromatic carbocycles. The number of methoxy groups -OCH3 is 1. The minimum absolute atomic E-state index is 0.171. The standard InChI is InChI=1S/C11H24N2O/c1-11(2,9-14-4)13-7-5-6-10(8-13)12-3/h10,12H,5-9H2,1-4H3. The van der Waals surface area contributed by atoms with Crippen molar-refractivity contribution in [1.29, 1.82) is 0 Å². The molecule has 1 heterocycles. The average molecular weight is 200 g/mol. The Kier molecular flexibility index (Phi) is 4.35. The van der Waals surface area contributed by atoms with Crippen molar-refractivity contribution in [3.8, 4) is 0 Å². The molecule has 1 aliphatic rings. The summed E-state index contributed by atoms with van der Waals surface area (Å²) in [6.45, 7) is 7.67. The molecule has 0 aromatic rings. The average Bonchev–Trinajstić information content (AvgIpc) is 2.18. The van der Waals surface area contributed by atoms with Crippen molar-refractivity contribution in [2.45, 2.75) is 38.3 Å². The second kappa shape index (κ2) is 5.10. The Balaban J connectivity index is 2.49. The maximum atomic E-state index is 5.27. The Labute approximate surface area is 87.8 Å². The molecule has 1 atom stereocenters. The normalized spacial score (nSPS) is 25.3. The monoisotopic (exact) mass is 200 g/mol. The number of piperidine rings is 1. The van der Waals surface area contributed by atoms with Gasteiger partial charge in [0.15, 0.2) is 0 Å². The predicted molar refractivity (Wildman–Crippen MR) is 59.6 cm³/mol. The first-order chi connectivity index (χ1) is 6.60. The van der Waals surface area contributed by atoms with Gasteiger partial charge in [0.1, 0.15) is 0 Å². The van der Waals surface area contributed by atoms with E-state index in [0.717, 1.165) is 13.2 Å². The molecule has 1 fully saturated rings. The van der Waals surface area contributed by atoms with E-state index in [0.29, 0.717) is 6.04 Å². The van der Waals surface area contributed by atoms with Crippen molar-refractivity contribution < 1.29 is 4.74 Å². The molecule has 0 bridgehead atoms. The van der Waals surface area contributed by atoms with Crippen LogP contribution in [0.3, 0.4) is 0 Å². The van der Waals surface area contributed by atoms with E-state index in [9.17, 15) is 0 Å². The van der Waals surface area contributed by atoms with Gasteiger partial charge < -0.3 is 10.1 Å². The van der Waals surface area contributed by atoms with Gasteiger partial charge in [0.2, 0.25) is 0 Å². The highest BCUT2D eigenvalue weighted by Gasteiger charge is 2.30. The summed E-state index contributed by atoms with van der Waals surface area (Å²) in [5.74, 6) is 0. The lowest BCUT2D eigenvalue weighted by Gasteiger charge is -2.43. The van der Waals surface area contributed by atoms with E-state index in [1.165, 1.54) is 19.4 Å². The van der Waals surface area contributed by atoms with Crippen LogP contribution in [0, 0.1) is 0 Å². The number of hydrogen-bond acceptors (Lipinski definition) is 3. The molecule has 0 saturated carbocycles. The highest BCUT2D eigenvalue weighted by Crippen LogP contribution is 2.20. The van der Waals surface area contributed by atoms with Gasteiger partial charge in [-0.05, 0) is 40.3 Å².